The minimum absolute atomic E-state index is 0.0232. The van der Waals surface area contributed by atoms with E-state index in [1.165, 1.54) is 0 Å². The third-order valence-electron chi connectivity index (χ3n) is 3.63. The van der Waals surface area contributed by atoms with Gasteiger partial charge in [-0.15, -0.1) is 0 Å². The summed E-state index contributed by atoms with van der Waals surface area (Å²) in [6, 6.07) is 11.9. The van der Waals surface area contributed by atoms with E-state index >= 15 is 0 Å². The Kier molecular flexibility index (Phi) is 4.21. The Hall–Kier alpha value is -2.53. The summed E-state index contributed by atoms with van der Waals surface area (Å²) in [6.07, 6.45) is 0.331. The Bertz CT molecular complexity index is 759. The minimum atomic E-state index is -0.245. The largest absolute Gasteiger partial charge is 0.491 e. The number of carbonyl (C=O) groups is 2. The van der Waals surface area contributed by atoms with Crippen molar-refractivity contribution >= 4 is 34.8 Å². The second kappa shape index (κ2) is 6.30. The van der Waals surface area contributed by atoms with Crippen molar-refractivity contribution in [2.45, 2.75) is 6.42 Å². The van der Waals surface area contributed by atoms with Crippen molar-refractivity contribution in [3.8, 4) is 5.75 Å². The maximum atomic E-state index is 12.2. The molecule has 2 amide bonds. The summed E-state index contributed by atoms with van der Waals surface area (Å²) in [7, 11) is 1.70. The molecule has 2 aromatic rings. The Balaban J connectivity index is 1.84. The molecule has 0 aliphatic carbocycles. The summed E-state index contributed by atoms with van der Waals surface area (Å²) < 4.78 is 5.56. The van der Waals surface area contributed by atoms with Gasteiger partial charge in [0.2, 0.25) is 5.91 Å². The molecule has 23 heavy (non-hydrogen) atoms. The van der Waals surface area contributed by atoms with E-state index in [1.54, 1.807) is 54.4 Å². The first kappa shape index (κ1) is 15.4. The number of carbonyl (C=O) groups excluding carboxylic acids is 2. The quantitative estimate of drug-likeness (QED) is 0.918. The van der Waals surface area contributed by atoms with Crippen molar-refractivity contribution in [1.29, 1.82) is 0 Å². The molecule has 1 heterocycles. The number of fused-ring (bicyclic) bond motifs is 1. The SMILES string of the molecule is CN1C(=O)CCOc2ccc(NC(=O)c3ccc(Cl)cc3)cc21. The predicted octanol–water partition coefficient (Wildman–Crippen LogP) is 3.34. The number of amides is 2. The minimum Gasteiger partial charge on any atom is -0.491 e. The zero-order valence-electron chi connectivity index (χ0n) is 12.5. The van der Waals surface area contributed by atoms with Gasteiger partial charge in [-0.3, -0.25) is 9.59 Å². The molecule has 1 aliphatic rings. The Labute approximate surface area is 138 Å². The lowest BCUT2D eigenvalue weighted by Gasteiger charge is -2.17. The lowest BCUT2D eigenvalue weighted by molar-refractivity contribution is -0.118. The number of nitrogens with zero attached hydrogens (tertiary/aromatic N) is 1. The van der Waals surface area contributed by atoms with E-state index in [-0.39, 0.29) is 11.8 Å². The molecule has 0 aromatic heterocycles. The van der Waals surface area contributed by atoms with Gasteiger partial charge in [-0.1, -0.05) is 11.6 Å². The van der Waals surface area contributed by atoms with Crippen molar-refractivity contribution < 1.29 is 14.3 Å². The normalized spacial score (nSPS) is 13.8. The molecule has 1 N–H and O–H groups in total. The average molecular weight is 331 g/mol. The first-order valence-electron chi connectivity index (χ1n) is 7.15. The second-order valence-corrected chi connectivity index (χ2v) is 5.63. The van der Waals surface area contributed by atoms with Crippen molar-refractivity contribution in [3.63, 3.8) is 0 Å². The van der Waals surface area contributed by atoms with Crippen LogP contribution in [-0.2, 0) is 4.79 Å². The summed E-state index contributed by atoms with van der Waals surface area (Å²) >= 11 is 5.82. The van der Waals surface area contributed by atoms with Gasteiger partial charge in [0.15, 0.2) is 0 Å². The number of halogens is 1. The van der Waals surface area contributed by atoms with Crippen LogP contribution in [0.15, 0.2) is 42.5 Å². The van der Waals surface area contributed by atoms with E-state index in [0.29, 0.717) is 40.7 Å². The highest BCUT2D eigenvalue weighted by molar-refractivity contribution is 6.30. The number of anilines is 2. The summed E-state index contributed by atoms with van der Waals surface area (Å²) in [4.78, 5) is 25.7. The fourth-order valence-electron chi connectivity index (χ4n) is 2.33. The van der Waals surface area contributed by atoms with Crippen molar-refractivity contribution in [2.24, 2.45) is 0 Å². The fourth-order valence-corrected chi connectivity index (χ4v) is 2.46. The molecule has 0 atom stereocenters. The molecule has 3 rings (SSSR count). The molecular weight excluding hydrogens is 316 g/mol. The van der Waals surface area contributed by atoms with Crippen LogP contribution >= 0.6 is 11.6 Å². The lowest BCUT2D eigenvalue weighted by Crippen LogP contribution is -2.25. The van der Waals surface area contributed by atoms with Crippen LogP contribution in [0.4, 0.5) is 11.4 Å². The van der Waals surface area contributed by atoms with Crippen molar-refractivity contribution in [3.05, 3.63) is 53.1 Å². The van der Waals surface area contributed by atoms with Crippen LogP contribution in [0.3, 0.4) is 0 Å². The maximum absolute atomic E-state index is 12.2. The molecule has 0 saturated heterocycles. The van der Waals surface area contributed by atoms with E-state index in [4.69, 9.17) is 16.3 Å². The molecule has 1 aliphatic heterocycles. The molecule has 118 valence electrons. The number of benzene rings is 2. The highest BCUT2D eigenvalue weighted by Gasteiger charge is 2.20. The van der Waals surface area contributed by atoms with Crippen LogP contribution in [0.2, 0.25) is 5.02 Å². The number of hydrogen-bond donors (Lipinski definition) is 1. The molecule has 0 spiro atoms. The molecule has 0 fully saturated rings. The van der Waals surface area contributed by atoms with Crippen molar-refractivity contribution in [1.82, 2.24) is 0 Å². The van der Waals surface area contributed by atoms with Crippen LogP contribution in [0.5, 0.6) is 5.75 Å². The van der Waals surface area contributed by atoms with Gasteiger partial charge in [0.1, 0.15) is 5.75 Å². The zero-order chi connectivity index (χ0) is 16.4. The van der Waals surface area contributed by atoms with Gasteiger partial charge in [-0.25, -0.2) is 0 Å². The zero-order valence-corrected chi connectivity index (χ0v) is 13.3. The summed E-state index contributed by atoms with van der Waals surface area (Å²) in [5, 5.41) is 3.38. The highest BCUT2D eigenvalue weighted by atomic mass is 35.5. The Morgan fingerprint density at radius 2 is 1.96 bits per heavy atom. The van der Waals surface area contributed by atoms with Gasteiger partial charge in [-0.05, 0) is 42.5 Å². The van der Waals surface area contributed by atoms with Gasteiger partial charge < -0.3 is 15.0 Å². The van der Waals surface area contributed by atoms with Gasteiger partial charge >= 0.3 is 0 Å². The number of rotatable bonds is 2. The summed E-state index contributed by atoms with van der Waals surface area (Å²) in [6.45, 7) is 0.354. The Morgan fingerprint density at radius 1 is 1.22 bits per heavy atom. The molecule has 0 saturated carbocycles. The monoisotopic (exact) mass is 330 g/mol. The average Bonchev–Trinajstić information content (AvgIpc) is 2.68. The van der Waals surface area contributed by atoms with Gasteiger partial charge in [-0.2, -0.15) is 0 Å². The fraction of sp³-hybridized carbons (Fsp3) is 0.176. The third kappa shape index (κ3) is 3.29. The first-order chi connectivity index (χ1) is 11.0. The van der Waals surface area contributed by atoms with E-state index in [1.807, 2.05) is 0 Å². The number of nitrogens with one attached hydrogen (secondary N) is 1. The summed E-state index contributed by atoms with van der Waals surface area (Å²) in [5.74, 6) is 0.359. The number of ether oxygens (including phenoxy) is 1. The molecule has 6 heteroatoms. The third-order valence-corrected chi connectivity index (χ3v) is 3.88. The van der Waals surface area contributed by atoms with E-state index in [0.717, 1.165) is 0 Å². The smallest absolute Gasteiger partial charge is 0.255 e. The van der Waals surface area contributed by atoms with Gasteiger partial charge in [0.05, 0.1) is 18.7 Å². The second-order valence-electron chi connectivity index (χ2n) is 5.19. The topological polar surface area (TPSA) is 58.6 Å². The van der Waals surface area contributed by atoms with E-state index < -0.39 is 0 Å². The van der Waals surface area contributed by atoms with Gasteiger partial charge in [0.25, 0.3) is 5.91 Å². The molecular formula is C17H15ClN2O3. The van der Waals surface area contributed by atoms with Crippen LogP contribution in [0, 0.1) is 0 Å². The molecule has 0 radical (unpaired) electrons. The molecule has 0 bridgehead atoms. The maximum Gasteiger partial charge on any atom is 0.255 e. The first-order valence-corrected chi connectivity index (χ1v) is 7.53. The summed E-state index contributed by atoms with van der Waals surface area (Å²) in [5.41, 5.74) is 1.74. The van der Waals surface area contributed by atoms with Crippen LogP contribution in [0.1, 0.15) is 16.8 Å². The lowest BCUT2D eigenvalue weighted by atomic mass is 10.2. The molecule has 5 nitrogen and oxygen atoms in total. The molecule has 0 unspecified atom stereocenters. The highest BCUT2D eigenvalue weighted by Crippen LogP contribution is 2.33. The predicted molar refractivity (Wildman–Crippen MR) is 89.4 cm³/mol. The van der Waals surface area contributed by atoms with Crippen LogP contribution in [0.25, 0.3) is 0 Å². The van der Waals surface area contributed by atoms with Crippen LogP contribution < -0.4 is 15.0 Å². The van der Waals surface area contributed by atoms with Gasteiger partial charge in [0, 0.05) is 23.3 Å². The Morgan fingerprint density at radius 3 is 2.70 bits per heavy atom. The number of hydrogen-bond acceptors (Lipinski definition) is 3. The van der Waals surface area contributed by atoms with E-state index in [2.05, 4.69) is 5.32 Å². The van der Waals surface area contributed by atoms with Crippen LogP contribution in [-0.4, -0.2) is 25.5 Å². The van der Waals surface area contributed by atoms with Crippen molar-refractivity contribution in [2.75, 3.05) is 23.9 Å². The van der Waals surface area contributed by atoms with E-state index in [9.17, 15) is 9.59 Å². The molecule has 2 aromatic carbocycles. The standard InChI is InChI=1S/C17H15ClN2O3/c1-20-14-10-13(6-7-15(14)23-9-8-16(20)21)19-17(22)11-2-4-12(18)5-3-11/h2-7,10H,8-9H2,1H3,(H,19,22).